The van der Waals surface area contributed by atoms with E-state index in [4.69, 9.17) is 14.4 Å². The standard InChI is InChI=1S/C29H17N2O.C23H34NSi.Ir/c1-2-9-20-18-21(17-16-19(20)8-1)31-26-14-5-4-13-25(26)30-29(31)24-12-7-11-23-22-10-3-6-15-27(22)32-28(23)24;1-22(2,3)15-18-14-20(24-16-21(18)25(7,8)9)17-11-10-12-19(13-17)23(4,5)6;/h1-11,13-18H;10,12-14,16H,15H2,1-9H3;/q2*-1;. The minimum atomic E-state index is -1.42. The third kappa shape index (κ3) is 8.38. The van der Waals surface area contributed by atoms with E-state index in [0.717, 1.165) is 67.7 Å². The van der Waals surface area contributed by atoms with Crippen LogP contribution in [0.25, 0.3) is 72.1 Å². The van der Waals surface area contributed by atoms with E-state index in [1.54, 1.807) is 0 Å². The fraction of sp³-hybridized carbons (Fsp3) is 0.231. The zero-order valence-electron chi connectivity index (χ0n) is 35.0. The van der Waals surface area contributed by atoms with E-state index in [2.05, 4.69) is 175 Å². The Bertz CT molecular complexity index is 2900. The molecule has 0 aliphatic carbocycles. The first-order valence-electron chi connectivity index (χ1n) is 20.0. The molecule has 3 heterocycles. The molecule has 1 radical (unpaired) electrons. The van der Waals surface area contributed by atoms with Gasteiger partial charge >= 0.3 is 0 Å². The van der Waals surface area contributed by atoms with Gasteiger partial charge in [0.2, 0.25) is 0 Å². The average Bonchev–Trinajstić information content (AvgIpc) is 3.76. The van der Waals surface area contributed by atoms with E-state index in [-0.39, 0.29) is 30.9 Å². The molecule has 6 heteroatoms. The molecule has 0 aliphatic heterocycles. The van der Waals surface area contributed by atoms with Gasteiger partial charge in [-0.15, -0.1) is 53.6 Å². The van der Waals surface area contributed by atoms with Gasteiger partial charge in [0.25, 0.3) is 0 Å². The van der Waals surface area contributed by atoms with Crippen molar-refractivity contribution in [2.24, 2.45) is 5.41 Å². The van der Waals surface area contributed by atoms with Crippen molar-refractivity contribution in [3.8, 4) is 28.3 Å². The maximum atomic E-state index is 6.31. The summed E-state index contributed by atoms with van der Waals surface area (Å²) in [5.74, 6) is 0.825. The Hall–Kier alpha value is -5.13. The minimum absolute atomic E-state index is 0. The molecule has 0 atom stereocenters. The second kappa shape index (κ2) is 15.9. The summed E-state index contributed by atoms with van der Waals surface area (Å²) in [5, 5.41) is 6.07. The van der Waals surface area contributed by atoms with E-state index in [0.29, 0.717) is 0 Å². The van der Waals surface area contributed by atoms with E-state index >= 15 is 0 Å². The Labute approximate surface area is 357 Å². The van der Waals surface area contributed by atoms with Gasteiger partial charge in [-0.25, -0.2) is 0 Å². The summed E-state index contributed by atoms with van der Waals surface area (Å²) in [5.41, 5.74) is 11.0. The number of rotatable bonds is 5. The van der Waals surface area contributed by atoms with Gasteiger partial charge < -0.3 is 14.0 Å². The summed E-state index contributed by atoms with van der Waals surface area (Å²) in [6.07, 6.45) is 3.22. The second-order valence-electron chi connectivity index (χ2n) is 18.4. The number of hydrogen-bond donors (Lipinski definition) is 0. The van der Waals surface area contributed by atoms with Crippen molar-refractivity contribution in [1.29, 1.82) is 0 Å². The van der Waals surface area contributed by atoms with E-state index in [1.807, 2.05) is 36.4 Å². The Morgan fingerprint density at radius 1 is 0.707 bits per heavy atom. The average molecular weight is 954 g/mol. The van der Waals surface area contributed by atoms with Crippen LogP contribution in [0.4, 0.5) is 0 Å². The molecular weight excluding hydrogens is 903 g/mol. The first-order chi connectivity index (χ1) is 27.1. The number of benzene rings is 6. The van der Waals surface area contributed by atoms with Gasteiger partial charge in [-0.3, -0.25) is 4.98 Å². The molecule has 0 spiro atoms. The third-order valence-corrected chi connectivity index (χ3v) is 12.6. The predicted molar refractivity (Wildman–Crippen MR) is 243 cm³/mol. The van der Waals surface area contributed by atoms with Gasteiger partial charge in [0.1, 0.15) is 5.58 Å². The molecule has 0 saturated heterocycles. The van der Waals surface area contributed by atoms with Gasteiger partial charge in [0, 0.05) is 37.4 Å². The SMILES string of the molecule is CC(C)(C)Cc1cc(-c2[c-]ccc(C(C)(C)C)c2)ncc1[Si](C)(C)C.[Ir].[c-]1ccc2c(oc3ccccc32)c1-c1nc2ccccc2n1-c1ccc2ccccc2c1. The van der Waals surface area contributed by atoms with Crippen LogP contribution in [0.5, 0.6) is 0 Å². The van der Waals surface area contributed by atoms with Crippen LogP contribution in [-0.2, 0) is 31.9 Å². The van der Waals surface area contributed by atoms with Gasteiger partial charge in [0.15, 0.2) is 0 Å². The Kier molecular flexibility index (Phi) is 11.3. The van der Waals surface area contributed by atoms with Gasteiger partial charge in [-0.2, -0.15) is 0 Å². The van der Waals surface area contributed by atoms with Crippen LogP contribution >= 0.6 is 0 Å². The summed E-state index contributed by atoms with van der Waals surface area (Å²) in [6.45, 7) is 20.9. The van der Waals surface area contributed by atoms with E-state index < -0.39 is 8.07 Å². The molecule has 3 aromatic heterocycles. The summed E-state index contributed by atoms with van der Waals surface area (Å²) in [7, 11) is -1.42. The van der Waals surface area contributed by atoms with Crippen LogP contribution in [0.15, 0.2) is 138 Å². The number of imidazole rings is 1. The number of fused-ring (bicyclic) bond motifs is 5. The maximum Gasteiger partial charge on any atom is 0.120 e. The number of hydrogen-bond acceptors (Lipinski definition) is 3. The van der Waals surface area contributed by atoms with E-state index in [1.165, 1.54) is 27.1 Å². The fourth-order valence-corrected chi connectivity index (χ4v) is 9.32. The van der Waals surface area contributed by atoms with Crippen LogP contribution in [-0.4, -0.2) is 22.6 Å². The van der Waals surface area contributed by atoms with Crippen LogP contribution in [0, 0.1) is 17.5 Å². The monoisotopic (exact) mass is 954 g/mol. The zero-order chi connectivity index (χ0) is 40.1. The number of para-hydroxylation sites is 3. The van der Waals surface area contributed by atoms with Crippen LogP contribution < -0.4 is 5.19 Å². The quantitative estimate of drug-likeness (QED) is 0.128. The molecular formula is C52H51IrN3OSi-2. The first-order valence-corrected chi connectivity index (χ1v) is 23.5. The van der Waals surface area contributed by atoms with Crippen molar-refractivity contribution in [2.45, 2.75) is 73.0 Å². The Balaban J connectivity index is 0.000000180. The number of furan rings is 1. The van der Waals surface area contributed by atoms with E-state index in [9.17, 15) is 0 Å². The first kappa shape index (κ1) is 41.0. The zero-order valence-corrected chi connectivity index (χ0v) is 38.4. The molecule has 295 valence electrons. The maximum absolute atomic E-state index is 6.31. The molecule has 0 amide bonds. The fourth-order valence-electron chi connectivity index (χ4n) is 7.75. The predicted octanol–water partition coefficient (Wildman–Crippen LogP) is 13.5. The molecule has 4 nitrogen and oxygen atoms in total. The summed E-state index contributed by atoms with van der Waals surface area (Å²) in [4.78, 5) is 9.86. The third-order valence-electron chi connectivity index (χ3n) is 10.6. The Morgan fingerprint density at radius 2 is 1.41 bits per heavy atom. The molecule has 9 aromatic rings. The normalized spacial score (nSPS) is 12.2. The topological polar surface area (TPSA) is 43.9 Å². The molecule has 0 aliphatic rings. The van der Waals surface area contributed by atoms with Gasteiger partial charge in [0.05, 0.1) is 30.5 Å². The molecule has 9 rings (SSSR count). The number of pyridine rings is 1. The number of aromatic nitrogens is 3. The molecule has 0 saturated carbocycles. The van der Waals surface area contributed by atoms with Gasteiger partial charge in [-0.05, 0) is 69.2 Å². The number of nitrogens with zero attached hydrogens (tertiary/aromatic N) is 3. The van der Waals surface area contributed by atoms with Crippen molar-refractivity contribution in [1.82, 2.24) is 14.5 Å². The van der Waals surface area contributed by atoms with Crippen LogP contribution in [0.2, 0.25) is 19.6 Å². The molecule has 0 fully saturated rings. The summed E-state index contributed by atoms with van der Waals surface area (Å²) >= 11 is 0. The largest absolute Gasteiger partial charge is 0.501 e. The van der Waals surface area contributed by atoms with Crippen molar-refractivity contribution in [3.05, 3.63) is 157 Å². The van der Waals surface area contributed by atoms with Crippen LogP contribution in [0.3, 0.4) is 0 Å². The summed E-state index contributed by atoms with van der Waals surface area (Å²) < 4.78 is 8.52. The van der Waals surface area contributed by atoms with Crippen molar-refractivity contribution < 1.29 is 24.5 Å². The molecule has 0 bridgehead atoms. The van der Waals surface area contributed by atoms with Crippen molar-refractivity contribution >= 4 is 57.0 Å². The van der Waals surface area contributed by atoms with Crippen LogP contribution in [0.1, 0.15) is 52.7 Å². The van der Waals surface area contributed by atoms with Gasteiger partial charge in [-0.1, -0.05) is 144 Å². The molecule has 0 unspecified atom stereocenters. The smallest absolute Gasteiger partial charge is 0.120 e. The minimum Gasteiger partial charge on any atom is -0.501 e. The summed E-state index contributed by atoms with van der Waals surface area (Å²) in [6, 6.07) is 50.9. The Morgan fingerprint density at radius 3 is 2.17 bits per heavy atom. The second-order valence-corrected chi connectivity index (χ2v) is 23.5. The molecule has 58 heavy (non-hydrogen) atoms. The van der Waals surface area contributed by atoms with Crippen molar-refractivity contribution in [3.63, 3.8) is 0 Å². The molecule has 0 N–H and O–H groups in total. The van der Waals surface area contributed by atoms with Crippen molar-refractivity contribution in [2.75, 3.05) is 0 Å². The molecule has 6 aromatic carbocycles.